The Morgan fingerprint density at radius 1 is 1.20 bits per heavy atom. The van der Waals surface area contributed by atoms with E-state index in [2.05, 4.69) is 10.4 Å². The topological polar surface area (TPSA) is 98.5 Å². The molecular weight excluding hydrogens is 386 g/mol. The molecular formula is C21H25N5O4. The van der Waals surface area contributed by atoms with Crippen LogP contribution in [0.1, 0.15) is 19.8 Å². The van der Waals surface area contributed by atoms with E-state index in [0.717, 1.165) is 16.3 Å². The fraction of sp³-hybridized carbons (Fsp3) is 0.429. The molecule has 3 heterocycles. The maximum atomic E-state index is 13.0. The molecule has 4 rings (SSSR count). The zero-order chi connectivity index (χ0) is 21.3. The van der Waals surface area contributed by atoms with Gasteiger partial charge in [0.05, 0.1) is 12.8 Å². The predicted molar refractivity (Wildman–Crippen MR) is 112 cm³/mol. The smallest absolute Gasteiger partial charge is 0.409 e. The van der Waals surface area contributed by atoms with Crippen molar-refractivity contribution in [1.29, 1.82) is 0 Å². The maximum Gasteiger partial charge on any atom is 0.409 e. The molecule has 3 aromatic rings. The van der Waals surface area contributed by atoms with E-state index in [0.29, 0.717) is 38.1 Å². The number of likely N-dealkylation sites (tertiary alicyclic amines) is 1. The molecule has 0 atom stereocenters. The lowest BCUT2D eigenvalue weighted by Crippen LogP contribution is -2.47. The van der Waals surface area contributed by atoms with Crippen LogP contribution >= 0.6 is 0 Å². The SMILES string of the molecule is CCOC(=O)N1CCC(NC(=O)Cn2ncc3c4ccccc4n(C)c3c2=O)CC1. The Morgan fingerprint density at radius 3 is 2.67 bits per heavy atom. The monoisotopic (exact) mass is 411 g/mol. The van der Waals surface area contributed by atoms with Crippen LogP contribution in [0.3, 0.4) is 0 Å². The summed E-state index contributed by atoms with van der Waals surface area (Å²) < 4.78 is 8.05. The third kappa shape index (κ3) is 3.62. The van der Waals surface area contributed by atoms with Crippen molar-refractivity contribution in [3.63, 3.8) is 0 Å². The molecule has 2 aromatic heterocycles. The number of hydrogen-bond donors (Lipinski definition) is 1. The van der Waals surface area contributed by atoms with E-state index in [1.807, 2.05) is 35.9 Å². The molecule has 0 bridgehead atoms. The molecule has 1 aliphatic rings. The summed E-state index contributed by atoms with van der Waals surface area (Å²) in [7, 11) is 1.84. The molecule has 1 aliphatic heterocycles. The minimum Gasteiger partial charge on any atom is -0.450 e. The van der Waals surface area contributed by atoms with Gasteiger partial charge in [0.1, 0.15) is 12.1 Å². The Bertz CT molecular complexity index is 1160. The van der Waals surface area contributed by atoms with Crippen LogP contribution in [0, 0.1) is 0 Å². The molecule has 0 spiro atoms. The summed E-state index contributed by atoms with van der Waals surface area (Å²) in [5.41, 5.74) is 1.18. The number of benzene rings is 1. The van der Waals surface area contributed by atoms with Gasteiger partial charge in [0.2, 0.25) is 5.91 Å². The summed E-state index contributed by atoms with van der Waals surface area (Å²) in [4.78, 5) is 38.9. The Morgan fingerprint density at radius 2 is 1.93 bits per heavy atom. The number of amides is 2. The number of para-hydroxylation sites is 1. The van der Waals surface area contributed by atoms with Crippen LogP contribution in [0.2, 0.25) is 0 Å². The second-order valence-electron chi connectivity index (χ2n) is 7.47. The fourth-order valence-corrected chi connectivity index (χ4v) is 4.06. The molecule has 0 aliphatic carbocycles. The fourth-order valence-electron chi connectivity index (χ4n) is 4.06. The maximum absolute atomic E-state index is 13.0. The molecule has 2 amide bonds. The minimum atomic E-state index is -0.318. The van der Waals surface area contributed by atoms with Gasteiger partial charge in [0.25, 0.3) is 5.56 Å². The molecule has 0 radical (unpaired) electrons. The minimum absolute atomic E-state index is 0.0414. The van der Waals surface area contributed by atoms with Crippen molar-refractivity contribution in [2.75, 3.05) is 19.7 Å². The van der Waals surface area contributed by atoms with Crippen molar-refractivity contribution < 1.29 is 14.3 Å². The van der Waals surface area contributed by atoms with Gasteiger partial charge in [-0.15, -0.1) is 0 Å². The number of fused-ring (bicyclic) bond motifs is 3. The first-order valence-electron chi connectivity index (χ1n) is 10.1. The Labute approximate surface area is 173 Å². The van der Waals surface area contributed by atoms with E-state index in [9.17, 15) is 14.4 Å². The number of carbonyl (C=O) groups excluding carboxylic acids is 2. The van der Waals surface area contributed by atoms with Gasteiger partial charge < -0.3 is 19.5 Å². The highest BCUT2D eigenvalue weighted by Gasteiger charge is 2.25. The zero-order valence-corrected chi connectivity index (χ0v) is 17.1. The third-order valence-corrected chi connectivity index (χ3v) is 5.59. The van der Waals surface area contributed by atoms with Crippen LogP contribution in [0.15, 0.2) is 35.3 Å². The molecule has 1 aromatic carbocycles. The third-order valence-electron chi connectivity index (χ3n) is 5.59. The number of carbonyl (C=O) groups is 2. The number of hydrogen-bond acceptors (Lipinski definition) is 5. The van der Waals surface area contributed by atoms with Crippen molar-refractivity contribution in [2.24, 2.45) is 7.05 Å². The first-order chi connectivity index (χ1) is 14.5. The summed E-state index contributed by atoms with van der Waals surface area (Å²) in [6.45, 7) is 3.04. The van der Waals surface area contributed by atoms with Crippen LogP contribution < -0.4 is 10.9 Å². The first kappa shape index (κ1) is 19.9. The van der Waals surface area contributed by atoms with Crippen molar-refractivity contribution in [3.8, 4) is 0 Å². The highest BCUT2D eigenvalue weighted by molar-refractivity contribution is 6.07. The van der Waals surface area contributed by atoms with Crippen molar-refractivity contribution in [3.05, 3.63) is 40.8 Å². The van der Waals surface area contributed by atoms with Crippen LogP contribution in [0.5, 0.6) is 0 Å². The Balaban J connectivity index is 1.45. The van der Waals surface area contributed by atoms with Gasteiger partial charge in [0, 0.05) is 42.5 Å². The molecule has 158 valence electrons. The lowest BCUT2D eigenvalue weighted by molar-refractivity contribution is -0.122. The number of rotatable bonds is 4. The largest absolute Gasteiger partial charge is 0.450 e. The summed E-state index contributed by atoms with van der Waals surface area (Å²) in [6.07, 6.45) is 2.62. The average molecular weight is 411 g/mol. The number of nitrogens with zero attached hydrogens (tertiary/aromatic N) is 4. The van der Waals surface area contributed by atoms with E-state index in [-0.39, 0.29) is 30.1 Å². The summed E-state index contributed by atoms with van der Waals surface area (Å²) in [6, 6.07) is 7.72. The van der Waals surface area contributed by atoms with Gasteiger partial charge in [-0.1, -0.05) is 18.2 Å². The molecule has 1 fully saturated rings. The number of aryl methyl sites for hydroxylation is 1. The standard InChI is InChI=1S/C21H25N5O4/c1-3-30-21(29)25-10-8-14(9-11-25)23-18(27)13-26-20(28)19-16(12-22-26)15-6-4-5-7-17(15)24(19)2/h4-7,12,14H,3,8-11,13H2,1-2H3,(H,23,27). The first-order valence-corrected chi connectivity index (χ1v) is 10.1. The molecule has 1 N–H and O–H groups in total. The van der Waals surface area contributed by atoms with E-state index >= 15 is 0 Å². The molecule has 0 saturated carbocycles. The highest BCUT2D eigenvalue weighted by Crippen LogP contribution is 2.24. The van der Waals surface area contributed by atoms with E-state index in [1.54, 1.807) is 18.0 Å². The number of nitrogens with one attached hydrogen (secondary N) is 1. The second kappa shape index (κ2) is 8.17. The summed E-state index contributed by atoms with van der Waals surface area (Å²) in [5.74, 6) is -0.266. The van der Waals surface area contributed by atoms with Gasteiger partial charge in [-0.05, 0) is 25.8 Å². The van der Waals surface area contributed by atoms with Gasteiger partial charge >= 0.3 is 6.09 Å². The van der Waals surface area contributed by atoms with Gasteiger partial charge in [-0.25, -0.2) is 9.48 Å². The average Bonchev–Trinajstić information content (AvgIpc) is 3.04. The molecule has 0 unspecified atom stereocenters. The lowest BCUT2D eigenvalue weighted by atomic mass is 10.1. The van der Waals surface area contributed by atoms with Gasteiger partial charge in [-0.3, -0.25) is 9.59 Å². The highest BCUT2D eigenvalue weighted by atomic mass is 16.6. The van der Waals surface area contributed by atoms with Crippen molar-refractivity contribution >= 4 is 33.8 Å². The predicted octanol–water partition coefficient (Wildman–Crippen LogP) is 1.63. The summed E-state index contributed by atoms with van der Waals surface area (Å²) in [5, 5.41) is 8.91. The molecule has 9 heteroatoms. The van der Waals surface area contributed by atoms with Crippen LogP contribution in [0.4, 0.5) is 4.79 Å². The van der Waals surface area contributed by atoms with Crippen LogP contribution in [0.25, 0.3) is 21.8 Å². The number of aromatic nitrogens is 3. The molecule has 1 saturated heterocycles. The zero-order valence-electron chi connectivity index (χ0n) is 17.1. The van der Waals surface area contributed by atoms with E-state index in [4.69, 9.17) is 4.74 Å². The number of ether oxygens (including phenoxy) is 1. The quantitative estimate of drug-likeness (QED) is 0.704. The molecule has 9 nitrogen and oxygen atoms in total. The Kier molecular flexibility index (Phi) is 5.43. The normalized spacial score (nSPS) is 14.9. The second-order valence-corrected chi connectivity index (χ2v) is 7.47. The van der Waals surface area contributed by atoms with Crippen molar-refractivity contribution in [1.82, 2.24) is 24.6 Å². The van der Waals surface area contributed by atoms with E-state index in [1.165, 1.54) is 4.68 Å². The van der Waals surface area contributed by atoms with Crippen LogP contribution in [-0.2, 0) is 23.1 Å². The van der Waals surface area contributed by atoms with E-state index < -0.39 is 0 Å². The van der Waals surface area contributed by atoms with Gasteiger partial charge in [0.15, 0.2) is 0 Å². The van der Waals surface area contributed by atoms with Gasteiger partial charge in [-0.2, -0.15) is 5.10 Å². The number of piperidine rings is 1. The van der Waals surface area contributed by atoms with Crippen molar-refractivity contribution in [2.45, 2.75) is 32.4 Å². The summed E-state index contributed by atoms with van der Waals surface area (Å²) >= 11 is 0. The lowest BCUT2D eigenvalue weighted by Gasteiger charge is -2.31. The molecule has 30 heavy (non-hydrogen) atoms. The van der Waals surface area contributed by atoms with Crippen LogP contribution in [-0.4, -0.2) is 57.0 Å². The Hall–Kier alpha value is -3.36.